The molecule has 20 heavy (non-hydrogen) atoms. The topological polar surface area (TPSA) is 0 Å². The Labute approximate surface area is 128 Å². The first-order chi connectivity index (χ1) is 9.45. The third kappa shape index (κ3) is 7.50. The summed E-state index contributed by atoms with van der Waals surface area (Å²) in [6, 6.07) is 0. The Morgan fingerprint density at radius 3 is 2.20 bits per heavy atom. The van der Waals surface area contributed by atoms with Crippen molar-refractivity contribution >= 4 is 0 Å². The maximum atomic E-state index is 2.42. The van der Waals surface area contributed by atoms with E-state index in [2.05, 4.69) is 46.8 Å². The first-order valence-electron chi connectivity index (χ1n) is 9.13. The molecule has 1 saturated carbocycles. The van der Waals surface area contributed by atoms with Gasteiger partial charge in [0.1, 0.15) is 0 Å². The van der Waals surface area contributed by atoms with Crippen LogP contribution in [0.4, 0.5) is 0 Å². The zero-order valence-electron chi connectivity index (χ0n) is 14.8. The van der Waals surface area contributed by atoms with Crippen LogP contribution in [0.2, 0.25) is 0 Å². The van der Waals surface area contributed by atoms with Crippen LogP contribution in [0.5, 0.6) is 0 Å². The summed E-state index contributed by atoms with van der Waals surface area (Å²) in [6.45, 7) is 11.6. The molecule has 118 valence electrons. The first-order valence-corrected chi connectivity index (χ1v) is 9.13. The van der Waals surface area contributed by atoms with Gasteiger partial charge in [-0.1, -0.05) is 98.1 Å². The summed E-state index contributed by atoms with van der Waals surface area (Å²) >= 11 is 0. The van der Waals surface area contributed by atoms with Gasteiger partial charge in [-0.3, -0.25) is 0 Å². The van der Waals surface area contributed by atoms with Gasteiger partial charge in [-0.25, -0.2) is 0 Å². The lowest BCUT2D eigenvalue weighted by Gasteiger charge is -2.21. The number of hydrogen-bond acceptors (Lipinski definition) is 0. The number of rotatable bonds is 7. The Morgan fingerprint density at radius 1 is 1.15 bits per heavy atom. The third-order valence-electron chi connectivity index (χ3n) is 5.36. The van der Waals surface area contributed by atoms with Crippen molar-refractivity contribution in [2.75, 3.05) is 0 Å². The minimum atomic E-state index is 0.472. The highest BCUT2D eigenvalue weighted by Crippen LogP contribution is 2.36. The van der Waals surface area contributed by atoms with Crippen LogP contribution in [0.1, 0.15) is 92.4 Å². The maximum Gasteiger partial charge on any atom is -0.0146 e. The van der Waals surface area contributed by atoms with E-state index < -0.39 is 0 Å². The lowest BCUT2D eigenvalue weighted by molar-refractivity contribution is 0.335. The molecular formula is C20H38. The van der Waals surface area contributed by atoms with Crippen molar-refractivity contribution in [2.24, 2.45) is 23.2 Å². The van der Waals surface area contributed by atoms with Crippen molar-refractivity contribution in [2.45, 2.75) is 92.4 Å². The Morgan fingerprint density at radius 2 is 1.80 bits per heavy atom. The van der Waals surface area contributed by atoms with E-state index in [1.807, 2.05) is 0 Å². The van der Waals surface area contributed by atoms with Crippen LogP contribution in [0, 0.1) is 23.2 Å². The average molecular weight is 279 g/mol. The Hall–Kier alpha value is -0.260. The second-order valence-electron chi connectivity index (χ2n) is 7.98. The van der Waals surface area contributed by atoms with Gasteiger partial charge in [0.2, 0.25) is 0 Å². The van der Waals surface area contributed by atoms with Crippen LogP contribution < -0.4 is 0 Å². The molecule has 0 aromatic rings. The average Bonchev–Trinajstić information content (AvgIpc) is 3.15. The minimum absolute atomic E-state index is 0.472. The van der Waals surface area contributed by atoms with E-state index in [9.17, 15) is 0 Å². The van der Waals surface area contributed by atoms with Crippen LogP contribution >= 0.6 is 0 Å². The molecule has 2 aliphatic rings. The molecule has 0 aromatic carbocycles. The van der Waals surface area contributed by atoms with E-state index in [0.29, 0.717) is 5.41 Å². The van der Waals surface area contributed by atoms with Crippen molar-refractivity contribution in [3.63, 3.8) is 0 Å². The molecule has 0 bridgehead atoms. The van der Waals surface area contributed by atoms with Crippen LogP contribution in [0.3, 0.4) is 0 Å². The largest absolute Gasteiger partial charge is 0.0877 e. The summed E-state index contributed by atoms with van der Waals surface area (Å²) in [7, 11) is 0. The molecular weight excluding hydrogens is 240 g/mol. The fourth-order valence-electron chi connectivity index (χ4n) is 2.90. The van der Waals surface area contributed by atoms with E-state index in [0.717, 1.165) is 17.8 Å². The molecule has 0 heterocycles. The Bertz CT molecular complexity index is 270. The highest BCUT2D eigenvalue weighted by atomic mass is 14.3. The van der Waals surface area contributed by atoms with E-state index >= 15 is 0 Å². The first kappa shape index (κ1) is 17.8. The molecule has 0 nitrogen and oxygen atoms in total. The summed E-state index contributed by atoms with van der Waals surface area (Å²) in [4.78, 5) is 0. The van der Waals surface area contributed by atoms with Crippen molar-refractivity contribution < 1.29 is 0 Å². The molecule has 0 radical (unpaired) electrons. The Kier molecular flexibility index (Phi) is 7.92. The smallest absolute Gasteiger partial charge is 0.0146 e. The van der Waals surface area contributed by atoms with Gasteiger partial charge in [-0.15, -0.1) is 0 Å². The van der Waals surface area contributed by atoms with E-state index in [1.54, 1.807) is 0 Å². The lowest BCUT2D eigenvalue weighted by atomic mass is 9.84. The molecule has 0 amide bonds. The van der Waals surface area contributed by atoms with Gasteiger partial charge in [0.05, 0.1) is 0 Å². The predicted octanol–water partition coefficient (Wildman–Crippen LogP) is 7.00. The van der Waals surface area contributed by atoms with Gasteiger partial charge in [-0.05, 0) is 29.6 Å². The summed E-state index contributed by atoms with van der Waals surface area (Å²) in [6.07, 6.45) is 17.7. The minimum Gasteiger partial charge on any atom is -0.0877 e. The fraction of sp³-hybridized carbons (Fsp3) is 0.900. The second-order valence-corrected chi connectivity index (χ2v) is 7.98. The van der Waals surface area contributed by atoms with Gasteiger partial charge >= 0.3 is 0 Å². The summed E-state index contributed by atoms with van der Waals surface area (Å²) in [5.74, 6) is 2.98. The standard InChI is InChI=1S/C12H24.C8H14/c1-3-4-6-11(2)7-5-8-12-9-10-12;1-7-5-4-6-8(7,2)3/h11-12H,3-10H2,1-2H3;4,6-7H,5H2,1-3H3. The van der Waals surface area contributed by atoms with Gasteiger partial charge in [-0.2, -0.15) is 0 Å². The van der Waals surface area contributed by atoms with Crippen molar-refractivity contribution in [3.05, 3.63) is 12.2 Å². The van der Waals surface area contributed by atoms with Gasteiger partial charge in [0.15, 0.2) is 0 Å². The number of hydrogen-bond donors (Lipinski definition) is 0. The third-order valence-corrected chi connectivity index (χ3v) is 5.36. The predicted molar refractivity (Wildman–Crippen MR) is 92.0 cm³/mol. The molecule has 2 atom stereocenters. The quantitative estimate of drug-likeness (QED) is 0.440. The molecule has 1 fully saturated rings. The number of allylic oxidation sites excluding steroid dienone is 2. The molecule has 0 aromatic heterocycles. The van der Waals surface area contributed by atoms with Gasteiger partial charge in [0.25, 0.3) is 0 Å². The van der Waals surface area contributed by atoms with Crippen molar-refractivity contribution in [1.29, 1.82) is 0 Å². The second kappa shape index (κ2) is 8.90. The summed E-state index contributed by atoms with van der Waals surface area (Å²) < 4.78 is 0. The van der Waals surface area contributed by atoms with Crippen molar-refractivity contribution in [3.8, 4) is 0 Å². The van der Waals surface area contributed by atoms with E-state index in [4.69, 9.17) is 0 Å². The van der Waals surface area contributed by atoms with Crippen LogP contribution in [0.25, 0.3) is 0 Å². The van der Waals surface area contributed by atoms with Crippen LogP contribution in [0.15, 0.2) is 12.2 Å². The molecule has 0 saturated heterocycles. The molecule has 0 N–H and O–H groups in total. The highest BCUT2D eigenvalue weighted by molar-refractivity contribution is 5.05. The molecule has 0 heteroatoms. The molecule has 0 aliphatic heterocycles. The molecule has 2 aliphatic carbocycles. The molecule has 2 unspecified atom stereocenters. The maximum absolute atomic E-state index is 2.42. The van der Waals surface area contributed by atoms with Gasteiger partial charge in [0, 0.05) is 0 Å². The zero-order valence-corrected chi connectivity index (χ0v) is 14.8. The normalized spacial score (nSPS) is 25.1. The zero-order chi connectivity index (χ0) is 15.0. The summed E-state index contributed by atoms with van der Waals surface area (Å²) in [5.41, 5.74) is 0.472. The van der Waals surface area contributed by atoms with E-state index in [1.165, 1.54) is 57.8 Å². The number of unbranched alkanes of at least 4 members (excludes halogenated alkanes) is 1. The van der Waals surface area contributed by atoms with E-state index in [-0.39, 0.29) is 0 Å². The lowest BCUT2D eigenvalue weighted by Crippen LogP contribution is -2.12. The highest BCUT2D eigenvalue weighted by Gasteiger charge is 2.25. The monoisotopic (exact) mass is 278 g/mol. The SMILES string of the molecule is CC1CC=CC1(C)C.CCCCC(C)CCCC1CC1. The van der Waals surface area contributed by atoms with Crippen LogP contribution in [-0.4, -0.2) is 0 Å². The van der Waals surface area contributed by atoms with Crippen molar-refractivity contribution in [1.82, 2.24) is 0 Å². The Balaban J connectivity index is 0.000000217. The fourth-order valence-corrected chi connectivity index (χ4v) is 2.90. The molecule has 2 rings (SSSR count). The van der Waals surface area contributed by atoms with Crippen LogP contribution in [-0.2, 0) is 0 Å². The molecule has 0 spiro atoms. The van der Waals surface area contributed by atoms with Gasteiger partial charge < -0.3 is 0 Å². The summed E-state index contributed by atoms with van der Waals surface area (Å²) in [5, 5.41) is 0.